The van der Waals surface area contributed by atoms with Crippen LogP contribution in [0.4, 0.5) is 0 Å². The van der Waals surface area contributed by atoms with Gasteiger partial charge in [-0.15, -0.1) is 24.0 Å². The van der Waals surface area contributed by atoms with E-state index in [0.29, 0.717) is 5.92 Å². The van der Waals surface area contributed by atoms with Gasteiger partial charge in [-0.3, -0.25) is 9.67 Å². The molecule has 0 bridgehead atoms. The summed E-state index contributed by atoms with van der Waals surface area (Å²) in [7, 11) is 1.94. The van der Waals surface area contributed by atoms with Gasteiger partial charge in [0.25, 0.3) is 0 Å². The Kier molecular flexibility index (Phi) is 12.0. The monoisotopic (exact) mass is 491 g/mol. The average Bonchev–Trinajstić information content (AvgIpc) is 3.09. The Balaban J connectivity index is 0.00000364. The summed E-state index contributed by atoms with van der Waals surface area (Å²) in [5, 5.41) is 7.76. The summed E-state index contributed by atoms with van der Waals surface area (Å²) in [5.41, 5.74) is 1.14. The molecular weight excluding hydrogens is 453 g/mol. The van der Waals surface area contributed by atoms with Gasteiger partial charge in [-0.05, 0) is 25.7 Å². The lowest BCUT2D eigenvalue weighted by atomic mass is 9.97. The van der Waals surface area contributed by atoms with Crippen LogP contribution in [0.2, 0.25) is 0 Å². The van der Waals surface area contributed by atoms with Crippen LogP contribution in [-0.2, 0) is 11.8 Å². The molecule has 1 aliphatic rings. The van der Waals surface area contributed by atoms with E-state index in [-0.39, 0.29) is 30.1 Å². The zero-order valence-corrected chi connectivity index (χ0v) is 19.8. The highest BCUT2D eigenvalue weighted by Crippen LogP contribution is 2.22. The molecule has 0 spiro atoms. The Bertz CT molecular complexity index is 548. The van der Waals surface area contributed by atoms with Crippen molar-refractivity contribution >= 4 is 29.9 Å². The van der Waals surface area contributed by atoms with Crippen LogP contribution in [0.1, 0.15) is 64.5 Å². The number of nitrogens with zero attached hydrogens (tertiary/aromatic N) is 4. The lowest BCUT2D eigenvalue weighted by Gasteiger charge is -2.35. The number of unbranched alkanes of at least 4 members (excludes halogenated alkanes) is 1. The second-order valence-electron chi connectivity index (χ2n) is 7.24. The Morgan fingerprint density at radius 2 is 2.15 bits per heavy atom. The van der Waals surface area contributed by atoms with Crippen molar-refractivity contribution in [2.75, 3.05) is 32.8 Å². The minimum absolute atomic E-state index is 0. The van der Waals surface area contributed by atoms with Gasteiger partial charge in [0.1, 0.15) is 6.10 Å². The molecule has 1 fully saturated rings. The Hall–Kier alpha value is -0.830. The highest BCUT2D eigenvalue weighted by molar-refractivity contribution is 14.0. The molecule has 1 aliphatic heterocycles. The highest BCUT2D eigenvalue weighted by Gasteiger charge is 2.25. The predicted molar refractivity (Wildman–Crippen MR) is 123 cm³/mol. The maximum atomic E-state index is 5.98. The maximum Gasteiger partial charge on any atom is 0.194 e. The van der Waals surface area contributed by atoms with Crippen molar-refractivity contribution in [3.05, 3.63) is 18.0 Å². The Morgan fingerprint density at radius 1 is 1.33 bits per heavy atom. The molecule has 2 rings (SSSR count). The summed E-state index contributed by atoms with van der Waals surface area (Å²) >= 11 is 0. The highest BCUT2D eigenvalue weighted by atomic mass is 127. The van der Waals surface area contributed by atoms with Gasteiger partial charge in [-0.2, -0.15) is 5.10 Å². The lowest BCUT2D eigenvalue weighted by Crippen LogP contribution is -2.48. The number of hydrogen-bond donors (Lipinski definition) is 1. The molecule has 2 unspecified atom stereocenters. The van der Waals surface area contributed by atoms with E-state index in [4.69, 9.17) is 9.73 Å². The van der Waals surface area contributed by atoms with E-state index < -0.39 is 0 Å². The topological polar surface area (TPSA) is 54.7 Å². The molecule has 2 heterocycles. The molecule has 1 aromatic heterocycles. The first-order chi connectivity index (χ1) is 12.7. The van der Waals surface area contributed by atoms with Gasteiger partial charge in [0.05, 0.1) is 19.3 Å². The molecule has 1 aromatic rings. The van der Waals surface area contributed by atoms with E-state index in [2.05, 4.69) is 36.1 Å². The Morgan fingerprint density at radius 3 is 2.78 bits per heavy atom. The van der Waals surface area contributed by atoms with Crippen LogP contribution in [0.5, 0.6) is 0 Å². The number of rotatable bonds is 9. The number of nitrogens with one attached hydrogen (secondary N) is 1. The van der Waals surface area contributed by atoms with E-state index in [1.807, 2.05) is 24.1 Å². The molecular formula is C20H38IN5O. The van der Waals surface area contributed by atoms with Crippen molar-refractivity contribution in [1.82, 2.24) is 20.0 Å². The van der Waals surface area contributed by atoms with Crippen LogP contribution in [0.3, 0.4) is 0 Å². The van der Waals surface area contributed by atoms with Crippen molar-refractivity contribution in [2.45, 2.75) is 59.0 Å². The number of hydrogen-bond acceptors (Lipinski definition) is 3. The van der Waals surface area contributed by atoms with E-state index in [0.717, 1.165) is 44.3 Å². The molecule has 0 aromatic carbocycles. The average molecular weight is 491 g/mol. The van der Waals surface area contributed by atoms with Crippen molar-refractivity contribution in [1.29, 1.82) is 0 Å². The van der Waals surface area contributed by atoms with Gasteiger partial charge >= 0.3 is 0 Å². The van der Waals surface area contributed by atoms with Gasteiger partial charge in [-0.1, -0.05) is 33.1 Å². The quantitative estimate of drug-likeness (QED) is 0.323. The minimum atomic E-state index is 0. The summed E-state index contributed by atoms with van der Waals surface area (Å²) in [6.45, 7) is 10.9. The Labute approximate surface area is 182 Å². The fourth-order valence-electron chi connectivity index (χ4n) is 3.52. The normalized spacial score (nSPS) is 18.9. The zero-order valence-electron chi connectivity index (χ0n) is 17.5. The van der Waals surface area contributed by atoms with Crippen LogP contribution in [-0.4, -0.2) is 53.4 Å². The summed E-state index contributed by atoms with van der Waals surface area (Å²) < 4.78 is 7.81. The molecule has 0 saturated carbocycles. The van der Waals surface area contributed by atoms with Gasteiger partial charge in [0.2, 0.25) is 0 Å². The molecule has 27 heavy (non-hydrogen) atoms. The molecule has 6 nitrogen and oxygen atoms in total. The first kappa shape index (κ1) is 24.2. The standard InChI is InChI=1S/C20H37N5O.HI/c1-5-8-10-17(9-6-2)13-22-20(21-7-3)25-11-12-26-19(16-25)18-14-23-24(4)15-18;/h14-15,17,19H,5-13,16H2,1-4H3,(H,21,22);1H. The predicted octanol–water partition coefficient (Wildman–Crippen LogP) is 3.98. The molecule has 7 heteroatoms. The molecule has 0 radical (unpaired) electrons. The number of guanidine groups is 1. The fraction of sp³-hybridized carbons (Fsp3) is 0.800. The third-order valence-electron chi connectivity index (χ3n) is 4.96. The zero-order chi connectivity index (χ0) is 18.8. The van der Waals surface area contributed by atoms with Gasteiger partial charge in [-0.25, -0.2) is 0 Å². The number of morpholine rings is 1. The fourth-order valence-corrected chi connectivity index (χ4v) is 3.52. The van der Waals surface area contributed by atoms with E-state index in [9.17, 15) is 0 Å². The summed E-state index contributed by atoms with van der Waals surface area (Å²) in [5.74, 6) is 1.73. The number of halogens is 1. The van der Waals surface area contributed by atoms with Crippen LogP contribution in [0, 0.1) is 5.92 Å². The molecule has 1 saturated heterocycles. The lowest BCUT2D eigenvalue weighted by molar-refractivity contribution is -0.00806. The minimum Gasteiger partial charge on any atom is -0.370 e. The third kappa shape index (κ3) is 7.97. The van der Waals surface area contributed by atoms with Crippen LogP contribution in [0.15, 0.2) is 17.4 Å². The van der Waals surface area contributed by atoms with Crippen molar-refractivity contribution in [3.8, 4) is 0 Å². The smallest absolute Gasteiger partial charge is 0.194 e. The number of aryl methyl sites for hydroxylation is 1. The molecule has 2 atom stereocenters. The SMILES string of the molecule is CCCCC(CCC)CN=C(NCC)N1CCOC(c2cnn(C)c2)C1.I. The van der Waals surface area contributed by atoms with Crippen molar-refractivity contribution < 1.29 is 4.74 Å². The first-order valence-corrected chi connectivity index (χ1v) is 10.3. The number of aliphatic imine (C=N–C) groups is 1. The summed E-state index contributed by atoms with van der Waals surface area (Å²) in [6, 6.07) is 0. The first-order valence-electron chi connectivity index (χ1n) is 10.3. The van der Waals surface area contributed by atoms with Gasteiger partial charge in [0, 0.05) is 38.4 Å². The number of ether oxygens (including phenoxy) is 1. The summed E-state index contributed by atoms with van der Waals surface area (Å²) in [4.78, 5) is 7.34. The van der Waals surface area contributed by atoms with Gasteiger partial charge in [0.15, 0.2) is 5.96 Å². The number of aromatic nitrogens is 2. The van der Waals surface area contributed by atoms with Crippen LogP contribution < -0.4 is 5.32 Å². The van der Waals surface area contributed by atoms with Crippen molar-refractivity contribution in [2.24, 2.45) is 18.0 Å². The molecule has 0 amide bonds. The van der Waals surface area contributed by atoms with Crippen LogP contribution in [0.25, 0.3) is 0 Å². The second kappa shape index (κ2) is 13.4. The largest absolute Gasteiger partial charge is 0.370 e. The van der Waals surface area contributed by atoms with E-state index in [1.165, 1.54) is 32.1 Å². The molecule has 156 valence electrons. The van der Waals surface area contributed by atoms with Crippen molar-refractivity contribution in [3.63, 3.8) is 0 Å². The second-order valence-corrected chi connectivity index (χ2v) is 7.24. The van der Waals surface area contributed by atoms with E-state index in [1.54, 1.807) is 0 Å². The van der Waals surface area contributed by atoms with Crippen LogP contribution >= 0.6 is 24.0 Å². The molecule has 1 N–H and O–H groups in total. The maximum absolute atomic E-state index is 5.98. The summed E-state index contributed by atoms with van der Waals surface area (Å²) in [6.07, 6.45) is 10.4. The van der Waals surface area contributed by atoms with Gasteiger partial charge < -0.3 is 15.0 Å². The molecule has 0 aliphatic carbocycles. The third-order valence-corrected chi connectivity index (χ3v) is 4.96. The van der Waals surface area contributed by atoms with E-state index >= 15 is 0 Å².